The average molecular weight is 382 g/mol. The number of ether oxygens (including phenoxy) is 1. The van der Waals surface area contributed by atoms with Gasteiger partial charge in [-0.25, -0.2) is 4.39 Å². The van der Waals surface area contributed by atoms with Gasteiger partial charge in [0.15, 0.2) is 0 Å². The van der Waals surface area contributed by atoms with Gasteiger partial charge in [0, 0.05) is 22.1 Å². The Morgan fingerprint density at radius 2 is 2.13 bits per heavy atom. The zero-order chi connectivity index (χ0) is 16.8. The lowest BCUT2D eigenvalue weighted by atomic mass is 10.2. The molecule has 1 unspecified atom stereocenters. The Kier molecular flexibility index (Phi) is 6.12. The molecular weight excluding hydrogens is 365 g/mol. The SMILES string of the molecule is CC(O)CNC(=O)c1cccc(OCc2ccc(F)cc2Br)c1. The van der Waals surface area contributed by atoms with Gasteiger partial charge in [0.05, 0.1) is 6.10 Å². The maximum atomic E-state index is 13.0. The minimum absolute atomic E-state index is 0.187. The Balaban J connectivity index is 2.01. The molecule has 0 aliphatic carbocycles. The van der Waals surface area contributed by atoms with E-state index in [9.17, 15) is 14.3 Å². The van der Waals surface area contributed by atoms with Crippen LogP contribution in [-0.4, -0.2) is 23.7 Å². The molecule has 0 aliphatic rings. The van der Waals surface area contributed by atoms with Crippen LogP contribution in [0.15, 0.2) is 46.9 Å². The molecule has 4 nitrogen and oxygen atoms in total. The number of aliphatic hydroxyl groups is 1. The second kappa shape index (κ2) is 8.08. The first-order chi connectivity index (χ1) is 11.0. The summed E-state index contributed by atoms with van der Waals surface area (Å²) in [5.74, 6) is -0.0670. The minimum Gasteiger partial charge on any atom is -0.489 e. The van der Waals surface area contributed by atoms with Crippen LogP contribution in [0.3, 0.4) is 0 Å². The molecule has 122 valence electrons. The maximum Gasteiger partial charge on any atom is 0.251 e. The number of benzene rings is 2. The number of carbonyl (C=O) groups is 1. The van der Waals surface area contributed by atoms with Crippen LogP contribution in [0.5, 0.6) is 5.75 Å². The average Bonchev–Trinajstić information content (AvgIpc) is 2.52. The van der Waals surface area contributed by atoms with Crippen LogP contribution >= 0.6 is 15.9 Å². The Bertz CT molecular complexity index is 691. The number of carbonyl (C=O) groups excluding carboxylic acids is 1. The second-order valence-corrected chi connectivity index (χ2v) is 5.97. The summed E-state index contributed by atoms with van der Waals surface area (Å²) in [5, 5.41) is 11.8. The third-order valence-electron chi connectivity index (χ3n) is 3.06. The molecular formula is C17H17BrFNO3. The maximum absolute atomic E-state index is 13.0. The van der Waals surface area contributed by atoms with Crippen molar-refractivity contribution < 1.29 is 19.0 Å². The summed E-state index contributed by atoms with van der Waals surface area (Å²) in [6.07, 6.45) is -0.603. The lowest BCUT2D eigenvalue weighted by Gasteiger charge is -2.10. The Labute approximate surface area is 142 Å². The van der Waals surface area contributed by atoms with Crippen molar-refractivity contribution in [2.75, 3.05) is 6.54 Å². The molecule has 1 atom stereocenters. The lowest BCUT2D eigenvalue weighted by Crippen LogP contribution is -2.30. The van der Waals surface area contributed by atoms with E-state index in [1.165, 1.54) is 12.1 Å². The fourth-order valence-corrected chi connectivity index (χ4v) is 2.33. The Morgan fingerprint density at radius 3 is 2.83 bits per heavy atom. The number of rotatable bonds is 6. The van der Waals surface area contributed by atoms with E-state index in [0.717, 1.165) is 5.56 Å². The molecule has 0 fully saturated rings. The highest BCUT2D eigenvalue weighted by Crippen LogP contribution is 2.21. The van der Waals surface area contributed by atoms with Gasteiger partial charge in [-0.05, 0) is 37.3 Å². The molecule has 0 aliphatic heterocycles. The highest BCUT2D eigenvalue weighted by molar-refractivity contribution is 9.10. The molecule has 23 heavy (non-hydrogen) atoms. The van der Waals surface area contributed by atoms with Gasteiger partial charge in [-0.2, -0.15) is 0 Å². The summed E-state index contributed by atoms with van der Waals surface area (Å²) in [7, 11) is 0. The molecule has 2 aromatic carbocycles. The van der Waals surface area contributed by atoms with Gasteiger partial charge >= 0.3 is 0 Å². The van der Waals surface area contributed by atoms with Crippen LogP contribution in [0.4, 0.5) is 4.39 Å². The van der Waals surface area contributed by atoms with E-state index in [1.54, 1.807) is 37.3 Å². The van der Waals surface area contributed by atoms with Crippen molar-refractivity contribution in [3.63, 3.8) is 0 Å². The number of amides is 1. The number of aliphatic hydroxyl groups excluding tert-OH is 1. The van der Waals surface area contributed by atoms with Crippen molar-refractivity contribution in [3.05, 3.63) is 63.9 Å². The monoisotopic (exact) mass is 381 g/mol. The largest absolute Gasteiger partial charge is 0.489 e. The molecule has 0 radical (unpaired) electrons. The predicted octanol–water partition coefficient (Wildman–Crippen LogP) is 3.28. The van der Waals surface area contributed by atoms with Crippen LogP contribution in [0.2, 0.25) is 0 Å². The van der Waals surface area contributed by atoms with Crippen molar-refractivity contribution in [3.8, 4) is 5.75 Å². The number of hydrogen-bond donors (Lipinski definition) is 2. The van der Waals surface area contributed by atoms with Crippen LogP contribution in [0, 0.1) is 5.82 Å². The van der Waals surface area contributed by atoms with Gasteiger partial charge in [-0.3, -0.25) is 4.79 Å². The van der Waals surface area contributed by atoms with Crippen molar-refractivity contribution in [2.24, 2.45) is 0 Å². The molecule has 1 amide bonds. The second-order valence-electron chi connectivity index (χ2n) is 5.11. The van der Waals surface area contributed by atoms with Gasteiger partial charge in [-0.1, -0.05) is 28.1 Å². The number of hydrogen-bond acceptors (Lipinski definition) is 3. The van der Waals surface area contributed by atoms with Crippen molar-refractivity contribution >= 4 is 21.8 Å². The summed E-state index contributed by atoms with van der Waals surface area (Å²) >= 11 is 3.28. The van der Waals surface area contributed by atoms with Crippen molar-refractivity contribution in [1.82, 2.24) is 5.32 Å². The third-order valence-corrected chi connectivity index (χ3v) is 3.80. The van der Waals surface area contributed by atoms with Gasteiger partial charge in [0.2, 0.25) is 0 Å². The van der Waals surface area contributed by atoms with Crippen LogP contribution in [-0.2, 0) is 6.61 Å². The minimum atomic E-state index is -0.603. The fourth-order valence-electron chi connectivity index (χ4n) is 1.87. The first kappa shape index (κ1) is 17.4. The molecule has 0 aromatic heterocycles. The molecule has 0 bridgehead atoms. The first-order valence-electron chi connectivity index (χ1n) is 7.09. The van der Waals surface area contributed by atoms with Gasteiger partial charge < -0.3 is 15.2 Å². The zero-order valence-corrected chi connectivity index (χ0v) is 14.1. The Morgan fingerprint density at radius 1 is 1.35 bits per heavy atom. The summed E-state index contributed by atoms with van der Waals surface area (Å²) in [6, 6.07) is 11.1. The molecule has 2 aromatic rings. The van der Waals surface area contributed by atoms with E-state index in [1.807, 2.05) is 0 Å². The number of nitrogens with one attached hydrogen (secondary N) is 1. The van der Waals surface area contributed by atoms with E-state index in [0.29, 0.717) is 15.8 Å². The molecule has 0 saturated carbocycles. The van der Waals surface area contributed by atoms with Gasteiger partial charge in [0.25, 0.3) is 5.91 Å². The van der Waals surface area contributed by atoms with E-state index >= 15 is 0 Å². The number of halogens is 2. The van der Waals surface area contributed by atoms with E-state index in [-0.39, 0.29) is 24.9 Å². The van der Waals surface area contributed by atoms with Gasteiger partial charge in [-0.15, -0.1) is 0 Å². The van der Waals surface area contributed by atoms with Crippen molar-refractivity contribution in [1.29, 1.82) is 0 Å². The summed E-state index contributed by atoms with van der Waals surface area (Å²) in [5.41, 5.74) is 1.25. The van der Waals surface area contributed by atoms with E-state index in [2.05, 4.69) is 21.2 Å². The third kappa shape index (κ3) is 5.33. The topological polar surface area (TPSA) is 58.6 Å². The van der Waals surface area contributed by atoms with Crippen LogP contribution in [0.1, 0.15) is 22.8 Å². The standard InChI is InChI=1S/C17H17BrFNO3/c1-11(21)9-20-17(22)12-3-2-4-15(7-12)23-10-13-5-6-14(19)8-16(13)18/h2-8,11,21H,9-10H2,1H3,(H,20,22). The molecule has 2 N–H and O–H groups in total. The van der Waals surface area contributed by atoms with Gasteiger partial charge in [0.1, 0.15) is 18.2 Å². The molecule has 0 spiro atoms. The quantitative estimate of drug-likeness (QED) is 0.806. The normalized spacial score (nSPS) is 11.8. The zero-order valence-electron chi connectivity index (χ0n) is 12.6. The van der Waals surface area contributed by atoms with E-state index in [4.69, 9.17) is 4.74 Å². The molecule has 6 heteroatoms. The Hall–Kier alpha value is -1.92. The fraction of sp³-hybridized carbons (Fsp3) is 0.235. The smallest absolute Gasteiger partial charge is 0.251 e. The van der Waals surface area contributed by atoms with E-state index < -0.39 is 6.10 Å². The highest BCUT2D eigenvalue weighted by Gasteiger charge is 2.08. The molecule has 2 rings (SSSR count). The first-order valence-corrected chi connectivity index (χ1v) is 7.88. The van der Waals surface area contributed by atoms with Crippen LogP contribution in [0.25, 0.3) is 0 Å². The van der Waals surface area contributed by atoms with Crippen LogP contribution < -0.4 is 10.1 Å². The summed E-state index contributed by atoms with van der Waals surface area (Å²) < 4.78 is 19.3. The predicted molar refractivity (Wildman–Crippen MR) is 88.9 cm³/mol. The lowest BCUT2D eigenvalue weighted by molar-refractivity contribution is 0.0923. The highest BCUT2D eigenvalue weighted by atomic mass is 79.9. The van der Waals surface area contributed by atoms with Crippen molar-refractivity contribution in [2.45, 2.75) is 19.6 Å². The molecule has 0 heterocycles. The summed E-state index contributed by atoms with van der Waals surface area (Å²) in [6.45, 7) is 2.03. The summed E-state index contributed by atoms with van der Waals surface area (Å²) in [4.78, 5) is 11.9. The molecule has 0 saturated heterocycles.